The van der Waals surface area contributed by atoms with E-state index in [2.05, 4.69) is 5.32 Å². The maximum absolute atomic E-state index is 13.2. The molecule has 0 aliphatic rings. The van der Waals surface area contributed by atoms with Crippen LogP contribution >= 0.6 is 0 Å². The fraction of sp³-hybridized carbons (Fsp3) is 0.188. The Labute approximate surface area is 126 Å². The first-order chi connectivity index (χ1) is 10.5. The molecule has 0 radical (unpaired) electrons. The molecule has 2 aromatic rings. The number of halogens is 2. The van der Waals surface area contributed by atoms with Gasteiger partial charge >= 0.3 is 0 Å². The van der Waals surface area contributed by atoms with Crippen LogP contribution < -0.4 is 10.1 Å². The lowest BCUT2D eigenvalue weighted by Gasteiger charge is -2.15. The van der Waals surface area contributed by atoms with Gasteiger partial charge in [0.1, 0.15) is 0 Å². The minimum atomic E-state index is -0.968. The van der Waals surface area contributed by atoms with Gasteiger partial charge in [0.05, 0.1) is 6.04 Å². The first-order valence-electron chi connectivity index (χ1n) is 6.62. The zero-order chi connectivity index (χ0) is 16.1. The quantitative estimate of drug-likeness (QED) is 0.893. The number of benzene rings is 2. The Morgan fingerprint density at radius 2 is 1.95 bits per heavy atom. The smallest absolute Gasteiger partial charge is 0.258 e. The number of phenols is 1. The summed E-state index contributed by atoms with van der Waals surface area (Å²) in [5, 5.41) is 12.1. The number of ether oxygens (including phenoxy) is 1. The molecule has 22 heavy (non-hydrogen) atoms. The second kappa shape index (κ2) is 6.89. The summed E-state index contributed by atoms with van der Waals surface area (Å²) in [4.78, 5) is 11.8. The van der Waals surface area contributed by atoms with Crippen molar-refractivity contribution in [3.8, 4) is 11.5 Å². The highest BCUT2D eigenvalue weighted by Crippen LogP contribution is 2.24. The molecule has 2 aromatic carbocycles. The molecule has 1 atom stereocenters. The predicted octanol–water partition coefficient (Wildman–Crippen LogP) is 2.93. The van der Waals surface area contributed by atoms with Gasteiger partial charge < -0.3 is 15.2 Å². The number of carbonyl (C=O) groups is 1. The van der Waals surface area contributed by atoms with Crippen LogP contribution in [0.5, 0.6) is 11.5 Å². The number of amides is 1. The second-order valence-corrected chi connectivity index (χ2v) is 4.72. The molecule has 0 bridgehead atoms. The van der Waals surface area contributed by atoms with Crippen LogP contribution in [-0.4, -0.2) is 17.6 Å². The predicted molar refractivity (Wildman–Crippen MR) is 76.5 cm³/mol. The van der Waals surface area contributed by atoms with Gasteiger partial charge in [-0.3, -0.25) is 4.79 Å². The van der Waals surface area contributed by atoms with Gasteiger partial charge in [-0.1, -0.05) is 18.2 Å². The average molecular weight is 307 g/mol. The van der Waals surface area contributed by atoms with E-state index in [1.165, 1.54) is 18.2 Å². The Kier molecular flexibility index (Phi) is 4.93. The number of rotatable bonds is 5. The summed E-state index contributed by atoms with van der Waals surface area (Å²) in [5.41, 5.74) is 0.440. The SMILES string of the molecule is CC(NC(=O)COc1ccccc1O)c1ccc(F)c(F)c1. The first kappa shape index (κ1) is 15.8. The van der Waals surface area contributed by atoms with Gasteiger partial charge in [0.15, 0.2) is 29.7 Å². The Hall–Kier alpha value is -2.63. The van der Waals surface area contributed by atoms with Crippen molar-refractivity contribution in [3.05, 3.63) is 59.7 Å². The number of aromatic hydroxyl groups is 1. The monoisotopic (exact) mass is 307 g/mol. The highest BCUT2D eigenvalue weighted by atomic mass is 19.2. The van der Waals surface area contributed by atoms with E-state index >= 15 is 0 Å². The molecule has 0 heterocycles. The fourth-order valence-electron chi connectivity index (χ4n) is 1.87. The topological polar surface area (TPSA) is 58.6 Å². The van der Waals surface area contributed by atoms with Gasteiger partial charge in [0.25, 0.3) is 5.91 Å². The van der Waals surface area contributed by atoms with Crippen LogP contribution in [0.25, 0.3) is 0 Å². The molecule has 0 saturated heterocycles. The van der Waals surface area contributed by atoms with Crippen LogP contribution in [0.15, 0.2) is 42.5 Å². The van der Waals surface area contributed by atoms with Crippen molar-refractivity contribution in [1.82, 2.24) is 5.32 Å². The molecule has 0 aliphatic heterocycles. The van der Waals surface area contributed by atoms with Gasteiger partial charge in [-0.2, -0.15) is 0 Å². The summed E-state index contributed by atoms with van der Waals surface area (Å²) in [7, 11) is 0. The average Bonchev–Trinajstić information content (AvgIpc) is 2.49. The summed E-state index contributed by atoms with van der Waals surface area (Å²) in [5.74, 6) is -2.23. The van der Waals surface area contributed by atoms with Crippen molar-refractivity contribution < 1.29 is 23.4 Å². The first-order valence-corrected chi connectivity index (χ1v) is 6.62. The molecule has 1 unspecified atom stereocenters. The molecule has 0 aromatic heterocycles. The largest absolute Gasteiger partial charge is 0.504 e. The molecular weight excluding hydrogens is 292 g/mol. The lowest BCUT2D eigenvalue weighted by molar-refractivity contribution is -0.123. The Morgan fingerprint density at radius 1 is 1.23 bits per heavy atom. The summed E-state index contributed by atoms with van der Waals surface area (Å²) in [6, 6.07) is 9.20. The van der Waals surface area contributed by atoms with Crippen molar-refractivity contribution in [2.75, 3.05) is 6.61 Å². The van der Waals surface area contributed by atoms with Crippen LogP contribution in [0.3, 0.4) is 0 Å². The Bertz CT molecular complexity index is 676. The van der Waals surface area contributed by atoms with Crippen molar-refractivity contribution in [2.45, 2.75) is 13.0 Å². The molecule has 116 valence electrons. The highest BCUT2D eigenvalue weighted by molar-refractivity contribution is 5.78. The van der Waals surface area contributed by atoms with Gasteiger partial charge in [0.2, 0.25) is 0 Å². The molecule has 0 spiro atoms. The van der Waals surface area contributed by atoms with Gasteiger partial charge in [-0.15, -0.1) is 0 Å². The molecular formula is C16H15F2NO3. The maximum atomic E-state index is 13.2. The maximum Gasteiger partial charge on any atom is 0.258 e. The third-order valence-corrected chi connectivity index (χ3v) is 3.05. The molecule has 6 heteroatoms. The third kappa shape index (κ3) is 3.94. The van der Waals surface area contributed by atoms with Crippen molar-refractivity contribution in [3.63, 3.8) is 0 Å². The van der Waals surface area contributed by atoms with E-state index < -0.39 is 23.6 Å². The number of carbonyl (C=O) groups excluding carboxylic acids is 1. The van der Waals surface area contributed by atoms with E-state index in [1.807, 2.05) is 0 Å². The number of nitrogens with one attached hydrogen (secondary N) is 1. The van der Waals surface area contributed by atoms with E-state index in [9.17, 15) is 18.7 Å². The van der Waals surface area contributed by atoms with E-state index in [0.717, 1.165) is 12.1 Å². The lowest BCUT2D eigenvalue weighted by Crippen LogP contribution is -2.31. The van der Waals surface area contributed by atoms with Crippen LogP contribution in [0.1, 0.15) is 18.5 Å². The lowest BCUT2D eigenvalue weighted by atomic mass is 10.1. The van der Waals surface area contributed by atoms with Crippen LogP contribution in [0.2, 0.25) is 0 Å². The van der Waals surface area contributed by atoms with E-state index in [4.69, 9.17) is 4.74 Å². The molecule has 0 aliphatic carbocycles. The summed E-state index contributed by atoms with van der Waals surface area (Å²) < 4.78 is 31.2. The van der Waals surface area contributed by atoms with E-state index in [0.29, 0.717) is 5.56 Å². The van der Waals surface area contributed by atoms with Crippen molar-refractivity contribution >= 4 is 5.91 Å². The highest BCUT2D eigenvalue weighted by Gasteiger charge is 2.13. The minimum Gasteiger partial charge on any atom is -0.504 e. The second-order valence-electron chi connectivity index (χ2n) is 4.72. The molecule has 2 N–H and O–H groups in total. The Balaban J connectivity index is 1.91. The summed E-state index contributed by atoms with van der Waals surface area (Å²) in [6.07, 6.45) is 0. The number of para-hydroxylation sites is 2. The standard InChI is InChI=1S/C16H15F2NO3/c1-10(11-6-7-12(17)13(18)8-11)19-16(21)9-22-15-5-3-2-4-14(15)20/h2-8,10,20H,9H2,1H3,(H,19,21). The molecule has 2 rings (SSSR count). The molecule has 4 nitrogen and oxygen atoms in total. The third-order valence-electron chi connectivity index (χ3n) is 3.05. The summed E-state index contributed by atoms with van der Waals surface area (Å²) >= 11 is 0. The molecule has 1 amide bonds. The molecule has 0 fully saturated rings. The van der Waals surface area contributed by atoms with Crippen LogP contribution in [-0.2, 0) is 4.79 Å². The minimum absolute atomic E-state index is 0.0658. The van der Waals surface area contributed by atoms with Gasteiger partial charge in [-0.25, -0.2) is 8.78 Å². The normalized spacial score (nSPS) is 11.8. The van der Waals surface area contributed by atoms with Gasteiger partial charge in [-0.05, 0) is 36.8 Å². The number of hydrogen-bond acceptors (Lipinski definition) is 3. The van der Waals surface area contributed by atoms with Gasteiger partial charge in [0, 0.05) is 0 Å². The van der Waals surface area contributed by atoms with Crippen LogP contribution in [0, 0.1) is 11.6 Å². The summed E-state index contributed by atoms with van der Waals surface area (Å²) in [6.45, 7) is 1.34. The Morgan fingerprint density at radius 3 is 2.64 bits per heavy atom. The van der Waals surface area contributed by atoms with Crippen molar-refractivity contribution in [2.24, 2.45) is 0 Å². The number of hydrogen-bond donors (Lipinski definition) is 2. The fourth-order valence-corrected chi connectivity index (χ4v) is 1.87. The molecule has 0 saturated carbocycles. The van der Waals surface area contributed by atoms with Crippen molar-refractivity contribution in [1.29, 1.82) is 0 Å². The van der Waals surface area contributed by atoms with E-state index in [1.54, 1.807) is 19.1 Å². The number of phenolic OH excluding ortho intramolecular Hbond substituents is 1. The zero-order valence-corrected chi connectivity index (χ0v) is 11.8. The van der Waals surface area contributed by atoms with E-state index in [-0.39, 0.29) is 18.1 Å². The zero-order valence-electron chi connectivity index (χ0n) is 11.8. The van der Waals surface area contributed by atoms with Crippen LogP contribution in [0.4, 0.5) is 8.78 Å².